The van der Waals surface area contributed by atoms with Gasteiger partial charge < -0.3 is 5.11 Å². The number of amides is 1. The summed E-state index contributed by atoms with van der Waals surface area (Å²) in [5.74, 6) is -0.458. The Morgan fingerprint density at radius 3 is 2.55 bits per heavy atom. The molecule has 0 aliphatic rings. The number of nitrogens with one attached hydrogen (secondary N) is 1. The number of rotatable bonds is 4. The third kappa shape index (κ3) is 3.66. The third-order valence-electron chi connectivity index (χ3n) is 2.91. The van der Waals surface area contributed by atoms with Gasteiger partial charge in [0.2, 0.25) is 0 Å². The minimum atomic E-state index is -0.571. The number of non-ortho nitro benzene ring substituents is 1. The van der Waals surface area contributed by atoms with Crippen molar-refractivity contribution in [2.24, 2.45) is 5.10 Å². The molecular formula is C15H13N3O4. The van der Waals surface area contributed by atoms with Crippen molar-refractivity contribution >= 4 is 17.3 Å². The van der Waals surface area contributed by atoms with E-state index in [1.165, 1.54) is 36.4 Å². The Morgan fingerprint density at radius 1 is 1.18 bits per heavy atom. The Labute approximate surface area is 126 Å². The van der Waals surface area contributed by atoms with E-state index in [9.17, 15) is 20.0 Å². The average Bonchev–Trinajstić information content (AvgIpc) is 2.52. The highest BCUT2D eigenvalue weighted by Crippen LogP contribution is 2.13. The van der Waals surface area contributed by atoms with Crippen LogP contribution in [0.1, 0.15) is 22.8 Å². The molecule has 0 aromatic heterocycles. The highest BCUT2D eigenvalue weighted by molar-refractivity contribution is 6.01. The van der Waals surface area contributed by atoms with Gasteiger partial charge in [0.25, 0.3) is 11.6 Å². The van der Waals surface area contributed by atoms with Crippen LogP contribution >= 0.6 is 0 Å². The van der Waals surface area contributed by atoms with Gasteiger partial charge in [-0.25, -0.2) is 5.43 Å². The number of nitro groups is 1. The molecule has 1 amide bonds. The second kappa shape index (κ2) is 6.49. The van der Waals surface area contributed by atoms with Crippen molar-refractivity contribution in [2.75, 3.05) is 0 Å². The van der Waals surface area contributed by atoms with Gasteiger partial charge in [0.1, 0.15) is 5.75 Å². The number of benzene rings is 2. The molecule has 7 heteroatoms. The van der Waals surface area contributed by atoms with Gasteiger partial charge in [-0.3, -0.25) is 14.9 Å². The van der Waals surface area contributed by atoms with Crippen LogP contribution in [0.3, 0.4) is 0 Å². The zero-order valence-corrected chi connectivity index (χ0v) is 11.7. The maximum atomic E-state index is 11.9. The first-order chi connectivity index (χ1) is 10.5. The second-order valence-electron chi connectivity index (χ2n) is 4.50. The molecule has 22 heavy (non-hydrogen) atoms. The van der Waals surface area contributed by atoms with E-state index in [0.717, 1.165) is 0 Å². The van der Waals surface area contributed by atoms with E-state index in [-0.39, 0.29) is 17.0 Å². The molecular weight excluding hydrogens is 286 g/mol. The van der Waals surface area contributed by atoms with Crippen LogP contribution in [0.4, 0.5) is 5.69 Å². The molecule has 0 bridgehead atoms. The van der Waals surface area contributed by atoms with Crippen molar-refractivity contribution < 1.29 is 14.8 Å². The SMILES string of the molecule is CC(=NNC(=O)c1cccc([N+](=O)[O-])c1)c1cccc(O)c1. The number of hydrogen-bond donors (Lipinski definition) is 2. The Bertz CT molecular complexity index is 756. The molecule has 0 radical (unpaired) electrons. The number of aromatic hydroxyl groups is 1. The van der Waals surface area contributed by atoms with Gasteiger partial charge in [0, 0.05) is 23.3 Å². The van der Waals surface area contributed by atoms with E-state index in [2.05, 4.69) is 10.5 Å². The molecule has 0 aliphatic heterocycles. The number of nitrogens with zero attached hydrogens (tertiary/aromatic N) is 2. The largest absolute Gasteiger partial charge is 0.508 e. The first-order valence-electron chi connectivity index (χ1n) is 6.36. The zero-order chi connectivity index (χ0) is 16.1. The average molecular weight is 299 g/mol. The zero-order valence-electron chi connectivity index (χ0n) is 11.7. The van der Waals surface area contributed by atoms with Crippen molar-refractivity contribution in [2.45, 2.75) is 6.92 Å². The second-order valence-corrected chi connectivity index (χ2v) is 4.50. The van der Waals surface area contributed by atoms with Crippen LogP contribution in [0.25, 0.3) is 0 Å². The van der Waals surface area contributed by atoms with Crippen molar-refractivity contribution in [1.82, 2.24) is 5.43 Å². The predicted octanol–water partition coefficient (Wildman–Crippen LogP) is 2.45. The molecule has 2 aromatic carbocycles. The highest BCUT2D eigenvalue weighted by Gasteiger charge is 2.11. The molecule has 2 N–H and O–H groups in total. The van der Waals surface area contributed by atoms with Crippen LogP contribution in [0.5, 0.6) is 5.75 Å². The quantitative estimate of drug-likeness (QED) is 0.514. The standard InChI is InChI=1S/C15H13N3O4/c1-10(11-4-3-7-14(19)9-11)16-17-15(20)12-5-2-6-13(8-12)18(21)22/h2-9,19H,1H3,(H,17,20). The third-order valence-corrected chi connectivity index (χ3v) is 2.91. The van der Waals surface area contributed by atoms with Gasteiger partial charge in [0.05, 0.1) is 10.6 Å². The minimum absolute atomic E-state index is 0.0945. The number of carbonyl (C=O) groups excluding carboxylic acids is 1. The molecule has 0 atom stereocenters. The topological polar surface area (TPSA) is 105 Å². The molecule has 112 valence electrons. The molecule has 0 aliphatic carbocycles. The van der Waals surface area contributed by atoms with Gasteiger partial charge in [-0.1, -0.05) is 18.2 Å². The maximum Gasteiger partial charge on any atom is 0.271 e. The smallest absolute Gasteiger partial charge is 0.271 e. The number of phenols is 1. The van der Waals surface area contributed by atoms with E-state index in [4.69, 9.17) is 0 Å². The van der Waals surface area contributed by atoms with Gasteiger partial charge in [0.15, 0.2) is 0 Å². The normalized spacial score (nSPS) is 11.0. The minimum Gasteiger partial charge on any atom is -0.508 e. The number of hydrogen-bond acceptors (Lipinski definition) is 5. The molecule has 0 unspecified atom stereocenters. The van der Waals surface area contributed by atoms with Gasteiger partial charge in [-0.05, 0) is 25.1 Å². The molecule has 0 spiro atoms. The van der Waals surface area contributed by atoms with Crippen molar-refractivity contribution in [3.8, 4) is 5.75 Å². The number of phenolic OH excluding ortho intramolecular Hbond substituents is 1. The van der Waals surface area contributed by atoms with Gasteiger partial charge in [-0.15, -0.1) is 0 Å². The van der Waals surface area contributed by atoms with E-state index >= 15 is 0 Å². The lowest BCUT2D eigenvalue weighted by Crippen LogP contribution is -2.19. The fraction of sp³-hybridized carbons (Fsp3) is 0.0667. The molecule has 0 fully saturated rings. The summed E-state index contributed by atoms with van der Waals surface area (Å²) in [6, 6.07) is 11.8. The van der Waals surface area contributed by atoms with Crippen LogP contribution in [0.15, 0.2) is 53.6 Å². The van der Waals surface area contributed by atoms with Crippen molar-refractivity contribution in [1.29, 1.82) is 0 Å². The van der Waals surface area contributed by atoms with Crippen LogP contribution < -0.4 is 5.43 Å². The van der Waals surface area contributed by atoms with Crippen LogP contribution in [-0.2, 0) is 0 Å². The summed E-state index contributed by atoms with van der Waals surface area (Å²) in [4.78, 5) is 22.0. The molecule has 0 saturated heterocycles. The van der Waals surface area contributed by atoms with E-state index in [1.807, 2.05) is 0 Å². The number of carbonyl (C=O) groups is 1. The fourth-order valence-corrected chi connectivity index (χ4v) is 1.76. The Kier molecular flexibility index (Phi) is 4.47. The van der Waals surface area contributed by atoms with Gasteiger partial charge >= 0.3 is 0 Å². The maximum absolute atomic E-state index is 11.9. The lowest BCUT2D eigenvalue weighted by molar-refractivity contribution is -0.384. The lowest BCUT2D eigenvalue weighted by Gasteiger charge is -2.03. The fourth-order valence-electron chi connectivity index (χ4n) is 1.76. The first kappa shape index (κ1) is 15.2. The number of nitro benzene ring substituents is 1. The molecule has 0 saturated carbocycles. The molecule has 2 aromatic rings. The van der Waals surface area contributed by atoms with Crippen LogP contribution in [-0.4, -0.2) is 21.6 Å². The van der Waals surface area contributed by atoms with Crippen molar-refractivity contribution in [3.05, 3.63) is 69.8 Å². The van der Waals surface area contributed by atoms with E-state index < -0.39 is 10.8 Å². The summed E-state index contributed by atoms with van der Waals surface area (Å²) >= 11 is 0. The summed E-state index contributed by atoms with van der Waals surface area (Å²) in [7, 11) is 0. The molecule has 0 heterocycles. The predicted molar refractivity (Wildman–Crippen MR) is 80.9 cm³/mol. The summed E-state index contributed by atoms with van der Waals surface area (Å²) in [5, 5.41) is 24.0. The first-order valence-corrected chi connectivity index (χ1v) is 6.36. The lowest BCUT2D eigenvalue weighted by atomic mass is 10.1. The molecule has 2 rings (SSSR count). The highest BCUT2D eigenvalue weighted by atomic mass is 16.6. The summed E-state index contributed by atoms with van der Waals surface area (Å²) < 4.78 is 0. The Hall–Kier alpha value is -3.22. The van der Waals surface area contributed by atoms with Crippen molar-refractivity contribution in [3.63, 3.8) is 0 Å². The van der Waals surface area contributed by atoms with Gasteiger partial charge in [-0.2, -0.15) is 5.10 Å². The summed E-state index contributed by atoms with van der Waals surface area (Å²) in [5.41, 5.74) is 3.45. The van der Waals surface area contributed by atoms with E-state index in [0.29, 0.717) is 11.3 Å². The summed E-state index contributed by atoms with van der Waals surface area (Å²) in [6.45, 7) is 1.67. The molecule has 7 nitrogen and oxygen atoms in total. The Morgan fingerprint density at radius 2 is 1.86 bits per heavy atom. The van der Waals surface area contributed by atoms with Crippen LogP contribution in [0.2, 0.25) is 0 Å². The van der Waals surface area contributed by atoms with E-state index in [1.54, 1.807) is 19.1 Å². The van der Waals surface area contributed by atoms with Crippen LogP contribution in [0, 0.1) is 10.1 Å². The summed E-state index contributed by atoms with van der Waals surface area (Å²) in [6.07, 6.45) is 0. The number of hydrazone groups is 1. The monoisotopic (exact) mass is 299 g/mol. The Balaban J connectivity index is 2.13.